The predicted molar refractivity (Wildman–Crippen MR) is 174 cm³/mol. The van der Waals surface area contributed by atoms with Crippen molar-refractivity contribution < 1.29 is 58.1 Å². The highest BCUT2D eigenvalue weighted by molar-refractivity contribution is 7.94. The Morgan fingerprint density at radius 3 is 2.21 bits per heavy atom. The minimum atomic E-state index is -4.54. The van der Waals surface area contributed by atoms with Crippen LogP contribution in [-0.2, 0) is 50.6 Å². The van der Waals surface area contributed by atoms with Gasteiger partial charge in [0.05, 0.1) is 22.4 Å². The number of anilines is 1. The maximum atomic E-state index is 12.2. The average Bonchev–Trinajstić information content (AvgIpc) is 3.28. The van der Waals surface area contributed by atoms with E-state index in [1.807, 2.05) is 27.7 Å². The number of hydrogen-bond donors (Lipinski definition) is 4. The number of fused-ring (bicyclic) bond motifs is 4. The standard InChI is InChI=1S/C29H30N2O12S4/c1-28(2)22-15-19(44-43-42-32)9-13-23(22)30(16-45(33,34)35)25(28)6-5-7-26-29(3,4)27-21-11-10-20(47(39,40)41)14-18(21)8-12-24(27)31(26)17-46(36,37)38/h5-15H,16-17H2,1-4H3,(H3-,32,33,34,35,36,37,38,39,40,41)/p+1. The summed E-state index contributed by atoms with van der Waals surface area (Å²) in [6.07, 6.45) is 4.88. The third kappa shape index (κ3) is 6.89. The lowest BCUT2D eigenvalue weighted by molar-refractivity contribution is -0.432. The van der Waals surface area contributed by atoms with Crippen molar-refractivity contribution in [3.63, 3.8) is 0 Å². The summed E-state index contributed by atoms with van der Waals surface area (Å²) in [5.74, 6) is -1.55. The smallest absolute Gasteiger partial charge is 0.326 e. The first-order valence-electron chi connectivity index (χ1n) is 13.7. The minimum absolute atomic E-state index is 0.305. The molecule has 0 atom stereocenters. The summed E-state index contributed by atoms with van der Waals surface area (Å²) in [5.41, 5.74) is 1.46. The monoisotopic (exact) mass is 727 g/mol. The molecule has 0 amide bonds. The zero-order valence-corrected chi connectivity index (χ0v) is 28.6. The molecule has 0 fully saturated rings. The van der Waals surface area contributed by atoms with Gasteiger partial charge < -0.3 is 4.90 Å². The molecule has 0 bridgehead atoms. The molecule has 3 aromatic carbocycles. The molecular weight excluding hydrogens is 697 g/mol. The third-order valence-electron chi connectivity index (χ3n) is 8.23. The van der Waals surface area contributed by atoms with Gasteiger partial charge in [-0.3, -0.25) is 13.7 Å². The number of hydrogen-bond acceptors (Lipinski definition) is 11. The van der Waals surface area contributed by atoms with Crippen molar-refractivity contribution in [2.24, 2.45) is 0 Å². The van der Waals surface area contributed by atoms with Crippen LogP contribution in [0.1, 0.15) is 38.8 Å². The van der Waals surface area contributed by atoms with Crippen LogP contribution in [0.2, 0.25) is 0 Å². The van der Waals surface area contributed by atoms with Gasteiger partial charge in [0.2, 0.25) is 5.69 Å². The van der Waals surface area contributed by atoms with Crippen molar-refractivity contribution in [3.05, 3.63) is 83.6 Å². The van der Waals surface area contributed by atoms with Gasteiger partial charge in [-0.1, -0.05) is 31.0 Å². The molecule has 0 saturated carbocycles. The summed E-state index contributed by atoms with van der Waals surface area (Å²) < 4.78 is 107. The number of nitrogens with zero attached hydrogens (tertiary/aromatic N) is 2. The highest BCUT2D eigenvalue weighted by Crippen LogP contribution is 2.49. The van der Waals surface area contributed by atoms with E-state index in [0.717, 1.165) is 12.0 Å². The van der Waals surface area contributed by atoms with Crippen LogP contribution < -0.4 is 4.90 Å². The molecule has 47 heavy (non-hydrogen) atoms. The second kappa shape index (κ2) is 12.1. The minimum Gasteiger partial charge on any atom is -0.327 e. The fourth-order valence-electron chi connectivity index (χ4n) is 6.33. The van der Waals surface area contributed by atoms with Gasteiger partial charge in [-0.25, -0.2) is 5.26 Å². The Hall–Kier alpha value is -3.17. The van der Waals surface area contributed by atoms with Gasteiger partial charge in [0.1, 0.15) is 0 Å². The van der Waals surface area contributed by atoms with Gasteiger partial charge in [-0.15, -0.1) is 4.33 Å². The van der Waals surface area contributed by atoms with E-state index < -0.39 is 52.9 Å². The molecule has 2 aliphatic rings. The molecule has 0 radical (unpaired) electrons. The Balaban J connectivity index is 1.64. The molecule has 0 saturated heterocycles. The van der Waals surface area contributed by atoms with E-state index in [1.54, 1.807) is 48.6 Å². The first-order valence-corrected chi connectivity index (χ1v) is 19.1. The van der Waals surface area contributed by atoms with E-state index in [2.05, 4.69) is 9.37 Å². The summed E-state index contributed by atoms with van der Waals surface area (Å²) in [6.45, 7) is 7.34. The predicted octanol–water partition coefficient (Wildman–Crippen LogP) is 4.82. The lowest BCUT2D eigenvalue weighted by atomic mass is 9.79. The van der Waals surface area contributed by atoms with Crippen molar-refractivity contribution in [1.29, 1.82) is 0 Å². The zero-order chi connectivity index (χ0) is 34.7. The van der Waals surface area contributed by atoms with Gasteiger partial charge in [-0.2, -0.15) is 29.8 Å². The molecule has 5 rings (SSSR count). The van der Waals surface area contributed by atoms with E-state index >= 15 is 0 Å². The van der Waals surface area contributed by atoms with Crippen molar-refractivity contribution in [2.45, 2.75) is 48.3 Å². The van der Waals surface area contributed by atoms with Crippen LogP contribution in [0.5, 0.6) is 0 Å². The Kier molecular flexibility index (Phi) is 9.02. The van der Waals surface area contributed by atoms with Gasteiger partial charge in [0.15, 0.2) is 11.6 Å². The first kappa shape index (κ1) is 35.1. The Bertz CT molecular complexity index is 2220. The van der Waals surface area contributed by atoms with Crippen molar-refractivity contribution in [1.82, 2.24) is 0 Å². The van der Waals surface area contributed by atoms with Crippen molar-refractivity contribution >= 4 is 70.3 Å². The van der Waals surface area contributed by atoms with Crippen LogP contribution in [0.25, 0.3) is 10.8 Å². The molecule has 2 aliphatic heterocycles. The van der Waals surface area contributed by atoms with Crippen LogP contribution >= 0.6 is 12.0 Å². The van der Waals surface area contributed by atoms with E-state index in [1.165, 1.54) is 27.7 Å². The Morgan fingerprint density at radius 1 is 0.894 bits per heavy atom. The fourth-order valence-corrected chi connectivity index (χ4v) is 8.45. The number of rotatable bonds is 10. The first-order chi connectivity index (χ1) is 21.6. The summed E-state index contributed by atoms with van der Waals surface area (Å²) in [4.78, 5) is 1.66. The highest BCUT2D eigenvalue weighted by atomic mass is 32.2. The zero-order valence-electron chi connectivity index (χ0n) is 25.3. The quantitative estimate of drug-likeness (QED) is 0.0726. The maximum Gasteiger partial charge on any atom is 0.326 e. The van der Waals surface area contributed by atoms with Gasteiger partial charge in [0, 0.05) is 39.4 Å². The fraction of sp³-hybridized carbons (Fsp3) is 0.276. The molecule has 3 aromatic rings. The molecule has 2 heterocycles. The normalized spacial score (nSPS) is 18.5. The molecule has 0 aromatic heterocycles. The molecular formula is C29H31N2O12S4+. The average molecular weight is 728 g/mol. The molecule has 4 N–H and O–H groups in total. The molecule has 252 valence electrons. The Labute approximate surface area is 275 Å². The van der Waals surface area contributed by atoms with Crippen LogP contribution in [0, 0.1) is 0 Å². The van der Waals surface area contributed by atoms with Crippen LogP contribution in [0.3, 0.4) is 0 Å². The molecule has 0 aliphatic carbocycles. The summed E-state index contributed by atoms with van der Waals surface area (Å²) in [6, 6.07) is 12.2. The molecule has 18 heteroatoms. The van der Waals surface area contributed by atoms with Gasteiger partial charge in [0.25, 0.3) is 26.1 Å². The second-order valence-corrected chi connectivity index (χ2v) is 17.1. The van der Waals surface area contributed by atoms with Crippen molar-refractivity contribution in [3.8, 4) is 0 Å². The highest BCUT2D eigenvalue weighted by Gasteiger charge is 2.47. The van der Waals surface area contributed by atoms with Crippen LogP contribution in [-0.4, -0.2) is 66.2 Å². The summed E-state index contributed by atoms with van der Waals surface area (Å²) in [7, 11) is -13.5. The SMILES string of the molecule is CC1(C)C(=CC=CC2=[N+](CS(=O)(=O)O)c3ccc4cc(S(=O)(=O)O)ccc4c3C2(C)C)N(CS(=O)(=O)O)c2ccc(SOOO)cc21. The second-order valence-electron chi connectivity index (χ2n) is 12.0. The van der Waals surface area contributed by atoms with Crippen molar-refractivity contribution in [2.75, 3.05) is 16.7 Å². The number of allylic oxidation sites excluding steroid dienone is 4. The molecule has 14 nitrogen and oxygen atoms in total. The largest absolute Gasteiger partial charge is 0.327 e. The number of benzene rings is 3. The van der Waals surface area contributed by atoms with Crippen LogP contribution in [0.4, 0.5) is 11.4 Å². The summed E-state index contributed by atoms with van der Waals surface area (Å²) in [5, 5.41) is 13.3. The lowest BCUT2D eigenvalue weighted by Crippen LogP contribution is -2.31. The summed E-state index contributed by atoms with van der Waals surface area (Å²) >= 11 is 0.726. The topological polar surface area (TPSA) is 208 Å². The van der Waals surface area contributed by atoms with Gasteiger partial charge in [-0.05, 0) is 72.7 Å². The third-order valence-corrected chi connectivity index (χ3v) is 10.8. The van der Waals surface area contributed by atoms with Crippen LogP contribution in [0.15, 0.2) is 82.2 Å². The van der Waals surface area contributed by atoms with E-state index in [4.69, 9.17) is 5.26 Å². The molecule has 0 unspecified atom stereocenters. The molecule has 0 spiro atoms. The van der Waals surface area contributed by atoms with Gasteiger partial charge >= 0.3 is 10.1 Å². The maximum absolute atomic E-state index is 12.2. The lowest BCUT2D eigenvalue weighted by Gasteiger charge is -2.25. The van der Waals surface area contributed by atoms with E-state index in [9.17, 15) is 38.9 Å². The Morgan fingerprint density at radius 2 is 1.60 bits per heavy atom. The van der Waals surface area contributed by atoms with E-state index in [-0.39, 0.29) is 4.90 Å². The van der Waals surface area contributed by atoms with E-state index in [0.29, 0.717) is 49.6 Å².